The van der Waals surface area contributed by atoms with Crippen LogP contribution in [0.1, 0.15) is 5.56 Å². The van der Waals surface area contributed by atoms with E-state index in [1.54, 1.807) is 20.4 Å². The molecule has 0 saturated heterocycles. The smallest absolute Gasteiger partial charge is 0.229 e. The zero-order chi connectivity index (χ0) is 17.9. The van der Waals surface area contributed by atoms with Crippen molar-refractivity contribution in [2.45, 2.75) is 6.42 Å². The Morgan fingerprint density at radius 2 is 1.92 bits per heavy atom. The van der Waals surface area contributed by atoms with E-state index in [4.69, 9.17) is 9.47 Å². The molecule has 0 fully saturated rings. The van der Waals surface area contributed by atoms with Crippen molar-refractivity contribution in [3.63, 3.8) is 0 Å². The van der Waals surface area contributed by atoms with Crippen molar-refractivity contribution in [1.82, 2.24) is 9.97 Å². The topological polar surface area (TPSA) is 59.5 Å². The number of anilines is 4. The minimum Gasteiger partial charge on any atom is -0.497 e. The van der Waals surface area contributed by atoms with Gasteiger partial charge >= 0.3 is 0 Å². The Morgan fingerprint density at radius 3 is 2.77 bits per heavy atom. The highest BCUT2D eigenvalue weighted by atomic mass is 16.5. The summed E-state index contributed by atoms with van der Waals surface area (Å²) in [5, 5.41) is 3.23. The molecule has 2 heterocycles. The predicted octanol–water partition coefficient (Wildman–Crippen LogP) is 3.93. The van der Waals surface area contributed by atoms with E-state index >= 15 is 0 Å². The van der Waals surface area contributed by atoms with Crippen LogP contribution in [0.2, 0.25) is 0 Å². The van der Waals surface area contributed by atoms with Crippen LogP contribution in [0.4, 0.5) is 23.1 Å². The van der Waals surface area contributed by atoms with Gasteiger partial charge in [0, 0.05) is 24.5 Å². The third kappa shape index (κ3) is 3.01. The van der Waals surface area contributed by atoms with Crippen molar-refractivity contribution >= 4 is 23.1 Å². The molecule has 6 heteroatoms. The zero-order valence-electron chi connectivity index (χ0n) is 14.8. The van der Waals surface area contributed by atoms with Gasteiger partial charge in [-0.05, 0) is 36.2 Å². The maximum Gasteiger partial charge on any atom is 0.229 e. The van der Waals surface area contributed by atoms with E-state index in [1.807, 2.05) is 24.3 Å². The molecule has 0 saturated carbocycles. The second-order valence-electron chi connectivity index (χ2n) is 5.96. The number of hydrogen-bond acceptors (Lipinski definition) is 6. The number of para-hydroxylation sites is 1. The van der Waals surface area contributed by atoms with E-state index < -0.39 is 0 Å². The first kappa shape index (κ1) is 16.2. The molecule has 3 aromatic rings. The number of benzene rings is 2. The summed E-state index contributed by atoms with van der Waals surface area (Å²) in [6.07, 6.45) is 2.79. The Labute approximate surface area is 152 Å². The van der Waals surface area contributed by atoms with E-state index in [0.29, 0.717) is 11.7 Å². The van der Waals surface area contributed by atoms with E-state index in [0.717, 1.165) is 30.2 Å². The van der Waals surface area contributed by atoms with E-state index in [2.05, 4.69) is 44.5 Å². The number of rotatable bonds is 5. The van der Waals surface area contributed by atoms with Gasteiger partial charge in [0.15, 0.2) is 0 Å². The molecule has 2 aromatic carbocycles. The molecular weight excluding hydrogens is 328 g/mol. The maximum absolute atomic E-state index is 5.43. The lowest BCUT2D eigenvalue weighted by Gasteiger charge is -2.19. The fourth-order valence-corrected chi connectivity index (χ4v) is 3.16. The summed E-state index contributed by atoms with van der Waals surface area (Å²) in [5.74, 6) is 2.80. The number of aromatic nitrogens is 2. The average Bonchev–Trinajstić information content (AvgIpc) is 3.13. The minimum atomic E-state index is 0.523. The van der Waals surface area contributed by atoms with E-state index in [9.17, 15) is 0 Å². The zero-order valence-corrected chi connectivity index (χ0v) is 14.8. The predicted molar refractivity (Wildman–Crippen MR) is 102 cm³/mol. The van der Waals surface area contributed by atoms with Crippen LogP contribution in [0.15, 0.2) is 54.7 Å². The molecule has 0 bridgehead atoms. The molecule has 1 aliphatic heterocycles. The summed E-state index contributed by atoms with van der Waals surface area (Å²) in [4.78, 5) is 11.2. The summed E-state index contributed by atoms with van der Waals surface area (Å²) in [5.41, 5.74) is 3.34. The molecule has 26 heavy (non-hydrogen) atoms. The largest absolute Gasteiger partial charge is 0.497 e. The number of hydrogen-bond donors (Lipinski definition) is 1. The van der Waals surface area contributed by atoms with Gasteiger partial charge in [-0.3, -0.25) is 0 Å². The van der Waals surface area contributed by atoms with Crippen molar-refractivity contribution in [2.24, 2.45) is 0 Å². The minimum absolute atomic E-state index is 0.523. The third-order valence-electron chi connectivity index (χ3n) is 4.46. The Kier molecular flexibility index (Phi) is 4.31. The molecule has 4 rings (SSSR count). The van der Waals surface area contributed by atoms with Crippen molar-refractivity contribution in [1.29, 1.82) is 0 Å². The summed E-state index contributed by atoms with van der Waals surface area (Å²) in [6, 6.07) is 15.9. The first-order valence-corrected chi connectivity index (χ1v) is 8.46. The van der Waals surface area contributed by atoms with Gasteiger partial charge in [0.25, 0.3) is 0 Å². The molecule has 0 atom stereocenters. The molecule has 0 aliphatic carbocycles. The van der Waals surface area contributed by atoms with Crippen LogP contribution < -0.4 is 19.7 Å². The lowest BCUT2D eigenvalue weighted by atomic mass is 10.2. The van der Waals surface area contributed by atoms with Crippen LogP contribution in [0, 0.1) is 0 Å². The van der Waals surface area contributed by atoms with Crippen LogP contribution in [0.25, 0.3) is 0 Å². The number of ether oxygens (including phenoxy) is 2. The molecule has 0 unspecified atom stereocenters. The first-order valence-electron chi connectivity index (χ1n) is 8.46. The molecule has 1 aliphatic rings. The second-order valence-corrected chi connectivity index (χ2v) is 5.96. The molecular formula is C20H20N4O2. The summed E-state index contributed by atoms with van der Waals surface area (Å²) >= 11 is 0. The van der Waals surface area contributed by atoms with Gasteiger partial charge in [0.2, 0.25) is 5.95 Å². The lowest BCUT2D eigenvalue weighted by molar-refractivity contribution is 0.395. The van der Waals surface area contributed by atoms with Gasteiger partial charge in [-0.1, -0.05) is 18.2 Å². The third-order valence-corrected chi connectivity index (χ3v) is 4.46. The Balaban J connectivity index is 1.61. The molecule has 132 valence electrons. The van der Waals surface area contributed by atoms with Crippen LogP contribution in [0.5, 0.6) is 11.5 Å². The van der Waals surface area contributed by atoms with Gasteiger partial charge in [-0.2, -0.15) is 4.98 Å². The highest BCUT2D eigenvalue weighted by Gasteiger charge is 2.21. The maximum atomic E-state index is 5.43. The van der Waals surface area contributed by atoms with Crippen LogP contribution in [-0.2, 0) is 6.42 Å². The fourth-order valence-electron chi connectivity index (χ4n) is 3.16. The fraction of sp³-hybridized carbons (Fsp3) is 0.200. The first-order chi connectivity index (χ1) is 12.8. The van der Waals surface area contributed by atoms with Crippen molar-refractivity contribution in [3.8, 4) is 11.5 Å². The molecule has 0 radical (unpaired) electrons. The Bertz CT molecular complexity index is 929. The van der Waals surface area contributed by atoms with Crippen LogP contribution in [0.3, 0.4) is 0 Å². The quantitative estimate of drug-likeness (QED) is 0.754. The van der Waals surface area contributed by atoms with Crippen LogP contribution in [-0.4, -0.2) is 30.7 Å². The molecule has 0 amide bonds. The molecule has 0 spiro atoms. The SMILES string of the molecule is COc1ccc(Nc2nccc(N3CCc4ccccc43)n2)c(OC)c1. The standard InChI is InChI=1S/C20H20N4O2/c1-25-15-7-8-16(18(13-15)26-2)22-20-21-11-9-19(23-20)24-12-10-14-5-3-4-6-17(14)24/h3-9,11,13H,10,12H2,1-2H3,(H,21,22,23). The lowest BCUT2D eigenvalue weighted by Crippen LogP contribution is -2.15. The number of methoxy groups -OCH3 is 2. The Morgan fingerprint density at radius 1 is 1.04 bits per heavy atom. The van der Waals surface area contributed by atoms with Crippen molar-refractivity contribution in [3.05, 3.63) is 60.3 Å². The number of fused-ring (bicyclic) bond motifs is 1. The summed E-state index contributed by atoms with van der Waals surface area (Å²) in [7, 11) is 3.25. The van der Waals surface area contributed by atoms with Crippen LogP contribution >= 0.6 is 0 Å². The molecule has 6 nitrogen and oxygen atoms in total. The molecule has 1 aromatic heterocycles. The van der Waals surface area contributed by atoms with Crippen molar-refractivity contribution in [2.75, 3.05) is 31.0 Å². The van der Waals surface area contributed by atoms with E-state index in [-0.39, 0.29) is 0 Å². The monoisotopic (exact) mass is 348 g/mol. The van der Waals surface area contributed by atoms with E-state index in [1.165, 1.54) is 11.3 Å². The number of nitrogens with zero attached hydrogens (tertiary/aromatic N) is 3. The second kappa shape index (κ2) is 6.92. The van der Waals surface area contributed by atoms with Gasteiger partial charge < -0.3 is 19.7 Å². The normalized spacial score (nSPS) is 12.6. The molecule has 1 N–H and O–H groups in total. The Hall–Kier alpha value is -3.28. The van der Waals surface area contributed by atoms with Crippen molar-refractivity contribution < 1.29 is 9.47 Å². The highest BCUT2D eigenvalue weighted by molar-refractivity contribution is 5.69. The number of nitrogens with one attached hydrogen (secondary N) is 1. The van der Waals surface area contributed by atoms with Gasteiger partial charge in [0.05, 0.1) is 19.9 Å². The van der Waals surface area contributed by atoms with Gasteiger partial charge in [-0.15, -0.1) is 0 Å². The highest BCUT2D eigenvalue weighted by Crippen LogP contribution is 2.34. The average molecular weight is 348 g/mol. The summed E-state index contributed by atoms with van der Waals surface area (Å²) < 4.78 is 10.7. The van der Waals surface area contributed by atoms with Gasteiger partial charge in [0.1, 0.15) is 17.3 Å². The van der Waals surface area contributed by atoms with Gasteiger partial charge in [-0.25, -0.2) is 4.98 Å². The summed E-state index contributed by atoms with van der Waals surface area (Å²) in [6.45, 7) is 0.918.